The highest BCUT2D eigenvalue weighted by Gasteiger charge is 2.30. The number of rotatable bonds is 3. The minimum atomic E-state index is -0.477. The highest BCUT2D eigenvalue weighted by atomic mass is 35.5. The van der Waals surface area contributed by atoms with Crippen LogP contribution in [0.4, 0.5) is 5.69 Å². The summed E-state index contributed by atoms with van der Waals surface area (Å²) in [6.45, 7) is 0. The summed E-state index contributed by atoms with van der Waals surface area (Å²) >= 11 is 17.7. The molecule has 0 radical (unpaired) electrons. The van der Waals surface area contributed by atoms with E-state index in [4.69, 9.17) is 35.4 Å². The summed E-state index contributed by atoms with van der Waals surface area (Å²) in [6, 6.07) is 4.78. The summed E-state index contributed by atoms with van der Waals surface area (Å²) in [6.07, 6.45) is 0.0525. The number of carbonyl (C=O) groups is 2. The van der Waals surface area contributed by atoms with Crippen LogP contribution in [0.3, 0.4) is 0 Å². The average molecular weight is 335 g/mol. The van der Waals surface area contributed by atoms with Crippen molar-refractivity contribution in [2.45, 2.75) is 11.7 Å². The van der Waals surface area contributed by atoms with Crippen LogP contribution in [0.2, 0.25) is 10.0 Å². The third-order valence-electron chi connectivity index (χ3n) is 2.34. The van der Waals surface area contributed by atoms with Gasteiger partial charge in [-0.05, 0) is 18.2 Å². The zero-order valence-electron chi connectivity index (χ0n) is 9.41. The highest BCUT2D eigenvalue weighted by molar-refractivity contribution is 8.24. The van der Waals surface area contributed by atoms with Gasteiger partial charge in [0.15, 0.2) is 0 Å². The lowest BCUT2D eigenvalue weighted by Crippen LogP contribution is -2.27. The smallest absolute Gasteiger partial charge is 0.239 e. The Bertz CT molecular complexity index is 566. The van der Waals surface area contributed by atoms with Gasteiger partial charge >= 0.3 is 0 Å². The van der Waals surface area contributed by atoms with Crippen LogP contribution in [0.1, 0.15) is 6.42 Å². The molecule has 1 aliphatic heterocycles. The van der Waals surface area contributed by atoms with Crippen LogP contribution in [0.5, 0.6) is 0 Å². The Morgan fingerprint density at radius 1 is 1.42 bits per heavy atom. The van der Waals surface area contributed by atoms with E-state index in [1.54, 1.807) is 18.2 Å². The van der Waals surface area contributed by atoms with Gasteiger partial charge in [-0.3, -0.25) is 9.59 Å². The van der Waals surface area contributed by atoms with E-state index in [9.17, 15) is 9.59 Å². The molecule has 2 rings (SSSR count). The lowest BCUT2D eigenvalue weighted by Gasteiger charge is -2.08. The molecule has 1 aromatic carbocycles. The van der Waals surface area contributed by atoms with Crippen LogP contribution in [0, 0.1) is 0 Å². The second-order valence-electron chi connectivity index (χ2n) is 3.76. The van der Waals surface area contributed by atoms with Crippen LogP contribution in [-0.4, -0.2) is 21.4 Å². The van der Waals surface area contributed by atoms with Crippen LogP contribution in [-0.2, 0) is 9.59 Å². The van der Waals surface area contributed by atoms with Gasteiger partial charge in [0, 0.05) is 12.1 Å². The zero-order chi connectivity index (χ0) is 14.0. The maximum atomic E-state index is 11.8. The number of hydrogen-bond donors (Lipinski definition) is 2. The standard InChI is InChI=1S/C11H8Cl2N2O2S2/c12-6-2-1-5(3-7(6)13)14-9(16)4-8-10(17)15-11(18)19-8/h1-3,8H,4H2,(H,14,16)(H,15,17,18)/t8-/m0/s1. The third-order valence-corrected chi connectivity index (χ3v) is 4.45. The summed E-state index contributed by atoms with van der Waals surface area (Å²) < 4.78 is 0.400. The molecule has 1 aliphatic rings. The van der Waals surface area contributed by atoms with Crippen molar-refractivity contribution in [3.63, 3.8) is 0 Å². The van der Waals surface area contributed by atoms with Gasteiger partial charge in [-0.1, -0.05) is 47.2 Å². The molecule has 0 unspecified atom stereocenters. The molecule has 100 valence electrons. The van der Waals surface area contributed by atoms with E-state index in [0.717, 1.165) is 0 Å². The molecule has 1 saturated heterocycles. The average Bonchev–Trinajstić information content (AvgIpc) is 2.62. The Morgan fingerprint density at radius 3 is 2.74 bits per heavy atom. The Kier molecular flexibility index (Phi) is 4.67. The number of halogens is 2. The minimum absolute atomic E-state index is 0.0525. The number of thioether (sulfide) groups is 1. The topological polar surface area (TPSA) is 58.2 Å². The fourth-order valence-corrected chi connectivity index (χ4v) is 3.05. The molecule has 1 fully saturated rings. The second kappa shape index (κ2) is 6.09. The molecule has 0 aliphatic carbocycles. The van der Waals surface area contributed by atoms with E-state index in [-0.39, 0.29) is 18.2 Å². The maximum absolute atomic E-state index is 11.8. The fraction of sp³-hybridized carbons (Fsp3) is 0.182. The summed E-state index contributed by atoms with van der Waals surface area (Å²) in [4.78, 5) is 23.2. The van der Waals surface area contributed by atoms with Gasteiger partial charge in [-0.15, -0.1) is 0 Å². The van der Waals surface area contributed by atoms with Crippen molar-refractivity contribution in [2.75, 3.05) is 5.32 Å². The first-order valence-corrected chi connectivity index (χ1v) is 7.26. The Balaban J connectivity index is 1.96. The van der Waals surface area contributed by atoms with E-state index < -0.39 is 5.25 Å². The minimum Gasteiger partial charge on any atom is -0.326 e. The number of hydrogen-bond acceptors (Lipinski definition) is 4. The number of anilines is 1. The van der Waals surface area contributed by atoms with E-state index in [1.165, 1.54) is 11.8 Å². The van der Waals surface area contributed by atoms with Crippen molar-refractivity contribution in [1.29, 1.82) is 0 Å². The molecular formula is C11H8Cl2N2O2S2. The lowest BCUT2D eigenvalue weighted by molar-refractivity contribution is -0.122. The van der Waals surface area contributed by atoms with E-state index >= 15 is 0 Å². The maximum Gasteiger partial charge on any atom is 0.239 e. The molecule has 0 saturated carbocycles. The predicted molar refractivity (Wildman–Crippen MR) is 81.8 cm³/mol. The number of nitrogens with one attached hydrogen (secondary N) is 2. The molecule has 0 spiro atoms. The van der Waals surface area contributed by atoms with Crippen LogP contribution >= 0.6 is 47.2 Å². The molecule has 8 heteroatoms. The second-order valence-corrected chi connectivity index (χ2v) is 6.46. The van der Waals surface area contributed by atoms with Crippen molar-refractivity contribution >= 4 is 69.0 Å². The first kappa shape index (κ1) is 14.6. The molecule has 4 nitrogen and oxygen atoms in total. The Morgan fingerprint density at radius 2 is 2.16 bits per heavy atom. The normalized spacial score (nSPS) is 18.3. The van der Waals surface area contributed by atoms with Crippen molar-refractivity contribution in [3.05, 3.63) is 28.2 Å². The summed E-state index contributed by atoms with van der Waals surface area (Å²) in [7, 11) is 0. The molecular weight excluding hydrogens is 327 g/mol. The third kappa shape index (κ3) is 3.82. The molecule has 0 aromatic heterocycles. The van der Waals surface area contributed by atoms with Crippen molar-refractivity contribution in [1.82, 2.24) is 5.32 Å². The van der Waals surface area contributed by atoms with Crippen molar-refractivity contribution < 1.29 is 9.59 Å². The number of amides is 2. The van der Waals surface area contributed by atoms with E-state index in [0.29, 0.717) is 20.1 Å². The summed E-state index contributed by atoms with van der Waals surface area (Å²) in [5.74, 6) is -0.518. The predicted octanol–water partition coefficient (Wildman–Crippen LogP) is 2.84. The van der Waals surface area contributed by atoms with Gasteiger partial charge in [0.1, 0.15) is 4.32 Å². The fourth-order valence-electron chi connectivity index (χ4n) is 1.48. The first-order valence-electron chi connectivity index (χ1n) is 5.22. The zero-order valence-corrected chi connectivity index (χ0v) is 12.6. The quantitative estimate of drug-likeness (QED) is 0.834. The van der Waals surface area contributed by atoms with Gasteiger partial charge in [0.2, 0.25) is 11.8 Å². The van der Waals surface area contributed by atoms with Crippen LogP contribution < -0.4 is 10.6 Å². The summed E-state index contributed by atoms with van der Waals surface area (Å²) in [5, 5.41) is 5.43. The molecule has 2 amide bonds. The van der Waals surface area contributed by atoms with E-state index in [2.05, 4.69) is 10.6 Å². The number of thiocarbonyl (C=S) groups is 1. The van der Waals surface area contributed by atoms with Crippen molar-refractivity contribution in [2.24, 2.45) is 0 Å². The molecule has 1 aromatic rings. The first-order chi connectivity index (χ1) is 8.95. The van der Waals surface area contributed by atoms with Gasteiger partial charge in [0.25, 0.3) is 0 Å². The lowest BCUT2D eigenvalue weighted by atomic mass is 10.2. The monoisotopic (exact) mass is 334 g/mol. The highest BCUT2D eigenvalue weighted by Crippen LogP contribution is 2.26. The number of carbonyl (C=O) groups excluding carboxylic acids is 2. The van der Waals surface area contributed by atoms with Gasteiger partial charge in [0.05, 0.1) is 15.3 Å². The SMILES string of the molecule is O=C(C[C@@H]1SC(=S)NC1=O)Nc1ccc(Cl)c(Cl)c1. The largest absolute Gasteiger partial charge is 0.326 e. The van der Waals surface area contributed by atoms with Crippen LogP contribution in [0.15, 0.2) is 18.2 Å². The van der Waals surface area contributed by atoms with Gasteiger partial charge in [-0.2, -0.15) is 0 Å². The molecule has 0 bridgehead atoms. The Hall–Kier alpha value is -0.820. The molecule has 19 heavy (non-hydrogen) atoms. The number of benzene rings is 1. The van der Waals surface area contributed by atoms with Gasteiger partial charge < -0.3 is 10.6 Å². The van der Waals surface area contributed by atoms with Crippen molar-refractivity contribution in [3.8, 4) is 0 Å². The van der Waals surface area contributed by atoms with Crippen LogP contribution in [0.25, 0.3) is 0 Å². The van der Waals surface area contributed by atoms with E-state index in [1.807, 2.05) is 0 Å². The molecule has 1 heterocycles. The summed E-state index contributed by atoms with van der Waals surface area (Å²) in [5.41, 5.74) is 0.533. The molecule has 1 atom stereocenters. The Labute approximate surface area is 129 Å². The molecule has 2 N–H and O–H groups in total. The van der Waals surface area contributed by atoms with Gasteiger partial charge in [-0.25, -0.2) is 0 Å².